The van der Waals surface area contributed by atoms with Gasteiger partial charge in [0.1, 0.15) is 17.7 Å². The van der Waals surface area contributed by atoms with Gasteiger partial charge in [-0.3, -0.25) is 19.3 Å². The molecule has 0 saturated heterocycles. The van der Waals surface area contributed by atoms with E-state index < -0.39 is 47.9 Å². The van der Waals surface area contributed by atoms with Crippen molar-refractivity contribution in [2.75, 3.05) is 0 Å². The van der Waals surface area contributed by atoms with Crippen LogP contribution in [0.1, 0.15) is 71.0 Å². The molecular formula is C26H36N4O5. The molecule has 9 heteroatoms. The van der Waals surface area contributed by atoms with Crippen LogP contribution in [-0.2, 0) is 19.1 Å². The first-order chi connectivity index (χ1) is 16.3. The zero-order valence-corrected chi connectivity index (χ0v) is 21.1. The minimum Gasteiger partial charge on any atom is -0.444 e. The summed E-state index contributed by atoms with van der Waals surface area (Å²) in [5, 5.41) is 5.23. The number of primary amides is 1. The van der Waals surface area contributed by atoms with E-state index in [1.807, 2.05) is 13.8 Å². The predicted molar refractivity (Wildman–Crippen MR) is 134 cm³/mol. The van der Waals surface area contributed by atoms with Gasteiger partial charge in [0.15, 0.2) is 0 Å². The van der Waals surface area contributed by atoms with Crippen molar-refractivity contribution in [2.24, 2.45) is 5.73 Å². The van der Waals surface area contributed by atoms with E-state index in [0.29, 0.717) is 11.1 Å². The Morgan fingerprint density at radius 2 is 1.91 bits per heavy atom. The molecule has 0 heterocycles. The lowest BCUT2D eigenvalue weighted by Gasteiger charge is -2.31. The highest BCUT2D eigenvalue weighted by Crippen LogP contribution is 2.24. The average Bonchev–Trinajstić information content (AvgIpc) is 2.74. The maximum Gasteiger partial charge on any atom is 0.408 e. The Morgan fingerprint density at radius 1 is 1.26 bits per heavy atom. The van der Waals surface area contributed by atoms with Crippen molar-refractivity contribution in [1.82, 2.24) is 15.5 Å². The zero-order chi connectivity index (χ0) is 26.8. The van der Waals surface area contributed by atoms with Crippen molar-refractivity contribution in [2.45, 2.75) is 77.6 Å². The van der Waals surface area contributed by atoms with Crippen molar-refractivity contribution in [1.29, 1.82) is 0 Å². The van der Waals surface area contributed by atoms with E-state index in [9.17, 15) is 19.2 Å². The summed E-state index contributed by atoms with van der Waals surface area (Å²) < 4.78 is 5.20. The van der Waals surface area contributed by atoms with Crippen LogP contribution < -0.4 is 16.4 Å². The number of hydrogen-bond donors (Lipinski definition) is 3. The van der Waals surface area contributed by atoms with Gasteiger partial charge in [0.05, 0.1) is 6.42 Å². The number of hydrogen-bond acceptors (Lipinski definition) is 5. The molecule has 3 atom stereocenters. The zero-order valence-electron chi connectivity index (χ0n) is 21.1. The molecule has 1 aromatic rings. The van der Waals surface area contributed by atoms with Gasteiger partial charge in [0, 0.05) is 12.1 Å². The lowest BCUT2D eigenvalue weighted by Crippen LogP contribution is -2.53. The molecule has 9 nitrogen and oxygen atoms in total. The Hall–Kier alpha value is -3.80. The molecule has 0 spiro atoms. The third-order valence-electron chi connectivity index (χ3n) is 4.85. The largest absolute Gasteiger partial charge is 0.444 e. The number of nitrogens with two attached hydrogens (primary N) is 1. The summed E-state index contributed by atoms with van der Waals surface area (Å²) in [6.45, 7) is 12.5. The van der Waals surface area contributed by atoms with Gasteiger partial charge in [-0.05, 0) is 51.3 Å². The summed E-state index contributed by atoms with van der Waals surface area (Å²) in [6.07, 6.45) is 7.40. The second-order valence-electron chi connectivity index (χ2n) is 9.18. The van der Waals surface area contributed by atoms with Crippen LogP contribution in [0.2, 0.25) is 0 Å². The van der Waals surface area contributed by atoms with Gasteiger partial charge in [-0.15, -0.1) is 0 Å². The number of ether oxygens (including phenoxy) is 1. The molecule has 4 amide bonds. The van der Waals surface area contributed by atoms with Gasteiger partial charge in [-0.25, -0.2) is 4.79 Å². The Balaban J connectivity index is 3.44. The summed E-state index contributed by atoms with van der Waals surface area (Å²) in [5.41, 5.74) is 5.62. The van der Waals surface area contributed by atoms with E-state index in [4.69, 9.17) is 16.9 Å². The van der Waals surface area contributed by atoms with Gasteiger partial charge < -0.3 is 21.1 Å². The third kappa shape index (κ3) is 9.53. The van der Waals surface area contributed by atoms with Crippen molar-refractivity contribution >= 4 is 29.9 Å². The van der Waals surface area contributed by atoms with Crippen LogP contribution in [0, 0.1) is 12.5 Å². The lowest BCUT2D eigenvalue weighted by atomic mass is 10.00. The van der Waals surface area contributed by atoms with Crippen molar-refractivity contribution in [3.05, 3.63) is 42.0 Å². The maximum absolute atomic E-state index is 13.5. The van der Waals surface area contributed by atoms with E-state index >= 15 is 0 Å². The Bertz CT molecular complexity index is 977. The van der Waals surface area contributed by atoms with Gasteiger partial charge in [-0.1, -0.05) is 50.6 Å². The molecule has 0 radical (unpaired) electrons. The molecule has 0 saturated carbocycles. The standard InChI is InChI=1S/C26H36N4O5/c1-8-12-17(4)28-23(32)22(19-14-11-13-18(9-2)15-19)30(10-3)24(33)20(16-21(27)31)29-25(34)35-26(5,6)7/h3,9,11,13-15,17,20,22H,2,8,12,16H2,1,4-7H3,(H2,27,31)(H,28,32)(H,29,34). The number of terminal acetylenes is 1. The monoisotopic (exact) mass is 484 g/mol. The highest BCUT2D eigenvalue weighted by molar-refractivity contribution is 5.95. The molecule has 0 aliphatic heterocycles. The molecule has 0 aliphatic carbocycles. The summed E-state index contributed by atoms with van der Waals surface area (Å²) in [5.74, 6) is -2.21. The minimum absolute atomic E-state index is 0.173. The van der Waals surface area contributed by atoms with Crippen LogP contribution >= 0.6 is 0 Å². The number of nitrogens with zero attached hydrogens (tertiary/aromatic N) is 1. The molecule has 3 unspecified atom stereocenters. The fourth-order valence-electron chi connectivity index (χ4n) is 3.39. The summed E-state index contributed by atoms with van der Waals surface area (Å²) in [7, 11) is 0. The molecule has 0 fully saturated rings. The van der Waals surface area contributed by atoms with Gasteiger partial charge in [-0.2, -0.15) is 0 Å². The van der Waals surface area contributed by atoms with Crippen molar-refractivity contribution in [3.63, 3.8) is 0 Å². The highest BCUT2D eigenvalue weighted by atomic mass is 16.6. The maximum atomic E-state index is 13.5. The molecule has 1 rings (SSSR count). The van der Waals surface area contributed by atoms with Crippen molar-refractivity contribution in [3.8, 4) is 12.5 Å². The smallest absolute Gasteiger partial charge is 0.408 e. The van der Waals surface area contributed by atoms with Crippen LogP contribution in [0.25, 0.3) is 6.08 Å². The van der Waals surface area contributed by atoms with E-state index in [-0.39, 0.29) is 6.04 Å². The topological polar surface area (TPSA) is 131 Å². The summed E-state index contributed by atoms with van der Waals surface area (Å²) in [4.78, 5) is 51.7. The number of carbonyl (C=O) groups is 4. The van der Waals surface area contributed by atoms with Gasteiger partial charge in [0.2, 0.25) is 11.8 Å². The minimum atomic E-state index is -1.44. The van der Waals surface area contributed by atoms with Crippen molar-refractivity contribution < 1.29 is 23.9 Å². The number of carbonyl (C=O) groups excluding carboxylic acids is 4. The molecule has 0 bridgehead atoms. The van der Waals surface area contributed by atoms with Crippen LogP contribution in [-0.4, -0.2) is 46.4 Å². The van der Waals surface area contributed by atoms with E-state index in [0.717, 1.165) is 17.7 Å². The number of nitrogens with one attached hydrogen (secondary N) is 2. The summed E-state index contributed by atoms with van der Waals surface area (Å²) in [6, 6.07) is 6.24. The molecule has 190 valence electrons. The average molecular weight is 485 g/mol. The van der Waals surface area contributed by atoms with E-state index in [1.165, 1.54) is 0 Å². The molecule has 35 heavy (non-hydrogen) atoms. The Labute approximate surface area is 207 Å². The first-order valence-electron chi connectivity index (χ1n) is 11.4. The van der Waals surface area contributed by atoms with Crippen LogP contribution in [0.4, 0.5) is 4.79 Å². The number of rotatable bonds is 11. The number of amides is 4. The molecule has 4 N–H and O–H groups in total. The van der Waals surface area contributed by atoms with Gasteiger partial charge in [0.25, 0.3) is 5.91 Å². The van der Waals surface area contributed by atoms with E-state index in [2.05, 4.69) is 23.3 Å². The fraction of sp³-hybridized carbons (Fsp3) is 0.462. The molecular weight excluding hydrogens is 448 g/mol. The summed E-state index contributed by atoms with van der Waals surface area (Å²) >= 11 is 0. The normalized spacial score (nSPS) is 13.4. The van der Waals surface area contributed by atoms with Crippen LogP contribution in [0.5, 0.6) is 0 Å². The molecule has 1 aromatic carbocycles. The SMILES string of the molecule is C#CN(C(=O)C(CC(N)=O)NC(=O)OC(C)(C)C)C(C(=O)NC(C)CCC)c1cccc(C=C)c1. The lowest BCUT2D eigenvalue weighted by molar-refractivity contribution is -0.139. The quantitative estimate of drug-likeness (QED) is 0.328. The van der Waals surface area contributed by atoms with Gasteiger partial charge >= 0.3 is 6.09 Å². The predicted octanol–water partition coefficient (Wildman–Crippen LogP) is 2.86. The van der Waals surface area contributed by atoms with Crippen LogP contribution in [0.15, 0.2) is 30.8 Å². The molecule has 0 aliphatic rings. The first kappa shape index (κ1) is 29.2. The first-order valence-corrected chi connectivity index (χ1v) is 11.4. The van der Waals surface area contributed by atoms with Crippen LogP contribution in [0.3, 0.4) is 0 Å². The Kier molecular flexibility index (Phi) is 11.0. The third-order valence-corrected chi connectivity index (χ3v) is 4.85. The highest BCUT2D eigenvalue weighted by Gasteiger charge is 2.37. The number of benzene rings is 1. The second kappa shape index (κ2) is 13.2. The number of alkyl carbamates (subject to hydrolysis) is 1. The Morgan fingerprint density at radius 3 is 2.43 bits per heavy atom. The molecule has 0 aromatic heterocycles. The fourth-order valence-corrected chi connectivity index (χ4v) is 3.39. The van der Waals surface area contributed by atoms with E-state index in [1.54, 1.807) is 51.1 Å². The second-order valence-corrected chi connectivity index (χ2v) is 9.18.